The van der Waals surface area contributed by atoms with Crippen molar-refractivity contribution in [1.82, 2.24) is 9.88 Å². The van der Waals surface area contributed by atoms with Crippen molar-refractivity contribution >= 4 is 35.1 Å². The van der Waals surface area contributed by atoms with E-state index >= 15 is 0 Å². The summed E-state index contributed by atoms with van der Waals surface area (Å²) in [7, 11) is 0. The summed E-state index contributed by atoms with van der Waals surface area (Å²) in [4.78, 5) is 29.5. The number of ether oxygens (including phenoxy) is 2. The molecule has 0 radical (unpaired) electrons. The summed E-state index contributed by atoms with van der Waals surface area (Å²) in [6, 6.07) is 13.6. The Morgan fingerprint density at radius 3 is 2.31 bits per heavy atom. The lowest BCUT2D eigenvalue weighted by molar-refractivity contribution is -0.144. The Morgan fingerprint density at radius 2 is 1.62 bits per heavy atom. The maximum atomic E-state index is 12.8. The number of carboxylic acid groups (broad SMARTS) is 1. The van der Waals surface area contributed by atoms with E-state index in [0.717, 1.165) is 59.3 Å². The lowest BCUT2D eigenvalue weighted by Gasteiger charge is -2.30. The first-order valence-electron chi connectivity index (χ1n) is 17.6. The van der Waals surface area contributed by atoms with Gasteiger partial charge in [0, 0.05) is 53.1 Å². The van der Waals surface area contributed by atoms with E-state index in [-0.39, 0.29) is 25.7 Å². The van der Waals surface area contributed by atoms with Crippen molar-refractivity contribution in [1.29, 1.82) is 0 Å². The van der Waals surface area contributed by atoms with Gasteiger partial charge in [-0.25, -0.2) is 0 Å². The number of amides is 1. The molecule has 0 aliphatic heterocycles. The molecule has 14 heteroatoms. The van der Waals surface area contributed by atoms with Crippen LogP contribution in [-0.2, 0) is 33.0 Å². The van der Waals surface area contributed by atoms with Crippen LogP contribution in [0.1, 0.15) is 68.1 Å². The lowest BCUT2D eigenvalue weighted by Crippen LogP contribution is -2.50. The van der Waals surface area contributed by atoms with Gasteiger partial charge in [-0.05, 0) is 85.9 Å². The Balaban J connectivity index is 1.19. The quantitative estimate of drug-likeness (QED) is 0.0852. The smallest absolute Gasteiger partial charge is 0.303 e. The van der Waals surface area contributed by atoms with Crippen molar-refractivity contribution < 1.29 is 49.7 Å². The van der Waals surface area contributed by atoms with Crippen molar-refractivity contribution in [3.8, 4) is 16.9 Å². The summed E-state index contributed by atoms with van der Waals surface area (Å²) in [6.07, 6.45) is 1.38. The Hall–Kier alpha value is -3.33. The average molecular weight is 762 g/mol. The first-order chi connectivity index (χ1) is 24.9. The van der Waals surface area contributed by atoms with Crippen LogP contribution in [0.4, 0.5) is 0 Å². The maximum absolute atomic E-state index is 12.8. The molecule has 2 aromatic carbocycles. The predicted octanol–water partition coefficient (Wildman–Crippen LogP) is 4.25. The molecule has 6 N–H and O–H groups in total. The van der Waals surface area contributed by atoms with E-state index in [2.05, 4.69) is 11.1 Å². The number of hydrogen-bond acceptors (Lipinski definition) is 10. The molecule has 1 aromatic heterocycles. The Bertz CT molecular complexity index is 1690. The van der Waals surface area contributed by atoms with Crippen molar-refractivity contribution in [3.63, 3.8) is 0 Å². The van der Waals surface area contributed by atoms with Gasteiger partial charge in [-0.1, -0.05) is 41.4 Å². The molecule has 2 aliphatic rings. The number of unbranched alkanes of at least 4 members (excludes halogenated alkanes) is 1. The van der Waals surface area contributed by atoms with Crippen LogP contribution in [0.15, 0.2) is 54.9 Å². The molecule has 5 rings (SSSR count). The van der Waals surface area contributed by atoms with E-state index in [1.165, 1.54) is 4.90 Å². The number of pyridine rings is 1. The van der Waals surface area contributed by atoms with Gasteiger partial charge in [0.15, 0.2) is 0 Å². The Kier molecular flexibility index (Phi) is 13.9. The van der Waals surface area contributed by atoms with Gasteiger partial charge in [0.2, 0.25) is 5.91 Å². The van der Waals surface area contributed by atoms with E-state index in [4.69, 9.17) is 42.9 Å². The fourth-order valence-electron chi connectivity index (χ4n) is 6.11. The molecule has 52 heavy (non-hydrogen) atoms. The number of carboxylic acids is 1. The molecular weight excluding hydrogens is 715 g/mol. The minimum atomic E-state index is -1.86. The number of aryl methyl sites for hydroxylation is 1. The second-order valence-electron chi connectivity index (χ2n) is 13.5. The van der Waals surface area contributed by atoms with Crippen LogP contribution in [0.25, 0.3) is 11.1 Å². The molecule has 0 bridgehead atoms. The van der Waals surface area contributed by atoms with E-state index in [9.17, 15) is 30.0 Å². The van der Waals surface area contributed by atoms with Gasteiger partial charge in [0.25, 0.3) is 0 Å². The highest BCUT2D eigenvalue weighted by atomic mass is 35.5. The molecule has 0 spiro atoms. The summed E-state index contributed by atoms with van der Waals surface area (Å²) in [5, 5.41) is 59.3. The van der Waals surface area contributed by atoms with Gasteiger partial charge in [0.1, 0.15) is 30.2 Å². The van der Waals surface area contributed by atoms with Crippen LogP contribution in [0.5, 0.6) is 5.75 Å². The van der Waals surface area contributed by atoms with E-state index in [1.54, 1.807) is 18.3 Å². The number of rotatable bonds is 21. The molecule has 282 valence electrons. The normalized spacial score (nSPS) is 17.2. The Morgan fingerprint density at radius 1 is 0.923 bits per heavy atom. The number of carbonyl (C=O) groups is 2. The first kappa shape index (κ1) is 39.9. The third kappa shape index (κ3) is 10.4. The summed E-state index contributed by atoms with van der Waals surface area (Å²) in [5.74, 6) is -0.869. The molecule has 1 amide bonds. The number of hydrogen-bond donors (Lipinski definition) is 6. The predicted molar refractivity (Wildman–Crippen MR) is 193 cm³/mol. The fraction of sp³-hybridized carbons (Fsp3) is 0.500. The molecule has 12 nitrogen and oxygen atoms in total. The van der Waals surface area contributed by atoms with Gasteiger partial charge >= 0.3 is 5.97 Å². The fourth-order valence-corrected chi connectivity index (χ4v) is 6.63. The number of para-hydroxylation sites is 1. The lowest BCUT2D eigenvalue weighted by atomic mass is 9.96. The largest absolute Gasteiger partial charge is 0.490 e. The number of aliphatic carboxylic acids is 1. The van der Waals surface area contributed by atoms with Gasteiger partial charge in [0.05, 0.1) is 31.3 Å². The third-order valence-electron chi connectivity index (χ3n) is 9.49. The molecule has 4 atom stereocenters. The standard InChI is InChI=1S/C38H46Cl2N2O10/c39-29-18-24(22-51-38(13-14-38)28-19-41-15-12-26(28)27-6-1-2-7-33(27)52-25-8-9-25)30(40)17-23(29)5-3-4-16-42(34(46)10-11-35(47)48)20-31(44)36(49)37(50)32(45)21-43/h1-2,6-7,12,15,17-19,25,31-32,36-37,43-45,49-50H,3-5,8-11,13-14,16,20-22H2,(H,47,48)/t31-,32+,36+,37+/m0/s1. The average Bonchev–Trinajstić information content (AvgIpc) is 4.09. The van der Waals surface area contributed by atoms with Crippen LogP contribution >= 0.6 is 23.2 Å². The molecule has 2 fully saturated rings. The van der Waals surface area contributed by atoms with Crippen molar-refractivity contribution in [2.75, 3.05) is 19.7 Å². The van der Waals surface area contributed by atoms with Gasteiger partial charge in [-0.2, -0.15) is 0 Å². The number of carbonyl (C=O) groups excluding carboxylic acids is 1. The summed E-state index contributed by atoms with van der Waals surface area (Å²) < 4.78 is 12.8. The first-order valence-corrected chi connectivity index (χ1v) is 18.3. The van der Waals surface area contributed by atoms with Gasteiger partial charge in [-0.3, -0.25) is 14.6 Å². The molecule has 0 unspecified atom stereocenters. The number of aromatic nitrogens is 1. The zero-order valence-electron chi connectivity index (χ0n) is 28.7. The zero-order valence-corrected chi connectivity index (χ0v) is 30.3. The second-order valence-corrected chi connectivity index (χ2v) is 14.4. The van der Waals surface area contributed by atoms with E-state index in [1.807, 2.05) is 30.5 Å². The highest BCUT2D eigenvalue weighted by Crippen LogP contribution is 2.53. The highest BCUT2D eigenvalue weighted by molar-refractivity contribution is 6.34. The van der Waals surface area contributed by atoms with Crippen LogP contribution in [0.2, 0.25) is 10.0 Å². The van der Waals surface area contributed by atoms with Crippen molar-refractivity contribution in [3.05, 3.63) is 81.6 Å². The number of nitrogens with zero attached hydrogens (tertiary/aromatic N) is 2. The van der Waals surface area contributed by atoms with Crippen LogP contribution in [0.3, 0.4) is 0 Å². The number of halogens is 2. The molecular formula is C38H46Cl2N2O10. The maximum Gasteiger partial charge on any atom is 0.303 e. The molecule has 0 saturated heterocycles. The second kappa shape index (κ2) is 18.1. The third-order valence-corrected chi connectivity index (χ3v) is 10.2. The molecule has 2 saturated carbocycles. The van der Waals surface area contributed by atoms with E-state index in [0.29, 0.717) is 29.3 Å². The Labute approximate surface area is 312 Å². The van der Waals surface area contributed by atoms with Crippen molar-refractivity contribution in [2.24, 2.45) is 0 Å². The zero-order chi connectivity index (χ0) is 37.4. The molecule has 3 aromatic rings. The summed E-state index contributed by atoms with van der Waals surface area (Å²) in [5.41, 5.74) is 4.04. The minimum Gasteiger partial charge on any atom is -0.490 e. The molecule has 1 heterocycles. The highest BCUT2D eigenvalue weighted by Gasteiger charge is 2.48. The van der Waals surface area contributed by atoms with Crippen LogP contribution in [0, 0.1) is 0 Å². The van der Waals surface area contributed by atoms with Crippen molar-refractivity contribution in [2.45, 2.75) is 101 Å². The van der Waals surface area contributed by atoms with E-state index < -0.39 is 61.5 Å². The summed E-state index contributed by atoms with van der Waals surface area (Å²) >= 11 is 13.4. The SMILES string of the molecule is O=C(O)CCC(=O)N(CCCCc1cc(Cl)c(COC2(c3cnccc3-c3ccccc3OC3CC3)CC2)cc1Cl)C[C@H](O)[C@@H](O)[C@H](O)[C@H](O)CO. The number of benzene rings is 2. The summed E-state index contributed by atoms with van der Waals surface area (Å²) in [6.45, 7) is -0.905. The van der Waals surface area contributed by atoms with Crippen LogP contribution < -0.4 is 4.74 Å². The molecule has 2 aliphatic carbocycles. The van der Waals surface area contributed by atoms with Gasteiger partial charge < -0.3 is 45.0 Å². The number of aliphatic hydroxyl groups excluding tert-OH is 5. The minimum absolute atomic E-state index is 0.119. The monoisotopic (exact) mass is 760 g/mol. The number of aliphatic hydroxyl groups is 5. The topological polar surface area (TPSA) is 190 Å². The van der Waals surface area contributed by atoms with Gasteiger partial charge in [-0.15, -0.1) is 0 Å². The van der Waals surface area contributed by atoms with Crippen LogP contribution in [-0.4, -0.2) is 103 Å².